The molecule has 182 valence electrons. The molecule has 1 saturated heterocycles. The van der Waals surface area contributed by atoms with Gasteiger partial charge in [-0.25, -0.2) is 0 Å². The molecule has 0 spiro atoms. The number of ether oxygens (including phenoxy) is 1. The van der Waals surface area contributed by atoms with Gasteiger partial charge in [0.15, 0.2) is 0 Å². The maximum absolute atomic E-state index is 13.4. The van der Waals surface area contributed by atoms with Crippen molar-refractivity contribution in [3.63, 3.8) is 0 Å². The van der Waals surface area contributed by atoms with Crippen molar-refractivity contribution in [1.29, 1.82) is 0 Å². The van der Waals surface area contributed by atoms with E-state index in [1.54, 1.807) is 7.11 Å². The molecule has 1 fully saturated rings. The average Bonchev–Trinajstić information content (AvgIpc) is 2.90. The standard InChI is InChI=1S/C29H33N3O3/c1-21-11-16-26(35-2)25(19-21)31-28(33)27(23-9-5-3-6-10-23)30-20-22-12-14-24(15-13-22)29(34)32-17-7-4-8-18-32/h3,5-6,9-16,19,27,30H,4,7-8,17-18,20H2,1-2H3,(H,31,33)/t27-/m0/s1. The van der Waals surface area contributed by atoms with Crippen molar-refractivity contribution in [1.82, 2.24) is 10.2 Å². The third-order valence-electron chi connectivity index (χ3n) is 6.36. The summed E-state index contributed by atoms with van der Waals surface area (Å²) in [5, 5.41) is 6.41. The van der Waals surface area contributed by atoms with Crippen molar-refractivity contribution in [2.75, 3.05) is 25.5 Å². The highest BCUT2D eigenvalue weighted by molar-refractivity contribution is 5.97. The zero-order valence-corrected chi connectivity index (χ0v) is 20.4. The van der Waals surface area contributed by atoms with Crippen molar-refractivity contribution < 1.29 is 14.3 Å². The lowest BCUT2D eigenvalue weighted by atomic mass is 10.0. The van der Waals surface area contributed by atoms with Gasteiger partial charge in [0, 0.05) is 25.2 Å². The molecule has 6 heteroatoms. The SMILES string of the molecule is COc1ccc(C)cc1NC(=O)[C@@H](NCc1ccc(C(=O)N2CCCCC2)cc1)c1ccccc1. The molecular weight excluding hydrogens is 438 g/mol. The van der Waals surface area contributed by atoms with Gasteiger partial charge in [-0.05, 0) is 67.1 Å². The van der Waals surface area contributed by atoms with Crippen LogP contribution in [0.4, 0.5) is 5.69 Å². The molecule has 4 rings (SSSR count). The molecule has 0 saturated carbocycles. The lowest BCUT2D eigenvalue weighted by Crippen LogP contribution is -2.35. The molecule has 0 unspecified atom stereocenters. The molecule has 0 radical (unpaired) electrons. The Hall–Kier alpha value is -3.64. The van der Waals surface area contributed by atoms with Crippen molar-refractivity contribution in [3.8, 4) is 5.75 Å². The first kappa shape index (κ1) is 24.5. The molecule has 1 aliphatic heterocycles. The average molecular weight is 472 g/mol. The van der Waals surface area contributed by atoms with Crippen LogP contribution in [-0.4, -0.2) is 36.9 Å². The van der Waals surface area contributed by atoms with Gasteiger partial charge >= 0.3 is 0 Å². The molecule has 3 aromatic carbocycles. The predicted octanol–water partition coefficient (Wildman–Crippen LogP) is 5.10. The minimum atomic E-state index is -0.559. The number of rotatable bonds is 8. The number of nitrogens with one attached hydrogen (secondary N) is 2. The van der Waals surface area contributed by atoms with Gasteiger partial charge in [-0.3, -0.25) is 14.9 Å². The molecule has 2 N–H and O–H groups in total. The maximum Gasteiger partial charge on any atom is 0.253 e. The molecule has 1 aliphatic rings. The second-order valence-corrected chi connectivity index (χ2v) is 8.97. The fourth-order valence-electron chi connectivity index (χ4n) is 4.40. The molecule has 0 aliphatic carbocycles. The van der Waals surface area contributed by atoms with Gasteiger partial charge in [-0.2, -0.15) is 0 Å². The van der Waals surface area contributed by atoms with Crippen LogP contribution in [0, 0.1) is 6.92 Å². The summed E-state index contributed by atoms with van der Waals surface area (Å²) in [4.78, 5) is 28.0. The minimum Gasteiger partial charge on any atom is -0.495 e. The van der Waals surface area contributed by atoms with Crippen LogP contribution in [0.25, 0.3) is 0 Å². The van der Waals surface area contributed by atoms with E-state index in [0.29, 0.717) is 23.5 Å². The quantitative estimate of drug-likeness (QED) is 0.480. The monoisotopic (exact) mass is 471 g/mol. The highest BCUT2D eigenvalue weighted by atomic mass is 16.5. The summed E-state index contributed by atoms with van der Waals surface area (Å²) in [5.74, 6) is 0.541. The molecule has 1 atom stereocenters. The zero-order chi connectivity index (χ0) is 24.6. The van der Waals surface area contributed by atoms with Gasteiger partial charge < -0.3 is 15.0 Å². The van der Waals surface area contributed by atoms with Gasteiger partial charge in [0.2, 0.25) is 5.91 Å². The van der Waals surface area contributed by atoms with Crippen molar-refractivity contribution >= 4 is 17.5 Å². The number of aryl methyl sites for hydroxylation is 1. The third kappa shape index (κ3) is 6.28. The third-order valence-corrected chi connectivity index (χ3v) is 6.36. The smallest absolute Gasteiger partial charge is 0.253 e. The Bertz CT molecular complexity index is 1140. The van der Waals surface area contributed by atoms with E-state index in [4.69, 9.17) is 4.74 Å². The Kier molecular flexibility index (Phi) is 8.16. The van der Waals surface area contributed by atoms with Crippen LogP contribution < -0.4 is 15.4 Å². The van der Waals surface area contributed by atoms with Crippen molar-refractivity contribution in [2.45, 2.75) is 38.8 Å². The largest absolute Gasteiger partial charge is 0.495 e. The van der Waals surface area contributed by atoms with E-state index < -0.39 is 6.04 Å². The van der Waals surface area contributed by atoms with Crippen LogP contribution >= 0.6 is 0 Å². The van der Waals surface area contributed by atoms with Crippen LogP contribution in [0.3, 0.4) is 0 Å². The first-order valence-electron chi connectivity index (χ1n) is 12.2. The number of carbonyl (C=O) groups is 2. The highest BCUT2D eigenvalue weighted by Gasteiger charge is 2.22. The Morgan fingerprint density at radius 2 is 1.66 bits per heavy atom. The molecule has 6 nitrogen and oxygen atoms in total. The lowest BCUT2D eigenvalue weighted by Gasteiger charge is -2.26. The van der Waals surface area contributed by atoms with E-state index in [-0.39, 0.29) is 11.8 Å². The second kappa shape index (κ2) is 11.7. The first-order valence-corrected chi connectivity index (χ1v) is 12.2. The number of anilines is 1. The molecular formula is C29H33N3O3. The summed E-state index contributed by atoms with van der Waals surface area (Å²) in [6.45, 7) is 4.13. The minimum absolute atomic E-state index is 0.0952. The van der Waals surface area contributed by atoms with E-state index in [9.17, 15) is 9.59 Å². The van der Waals surface area contributed by atoms with Gasteiger partial charge in [0.05, 0.1) is 12.8 Å². The number of nitrogens with zero attached hydrogens (tertiary/aromatic N) is 1. The van der Waals surface area contributed by atoms with Gasteiger partial charge in [0.1, 0.15) is 11.8 Å². The fourth-order valence-corrected chi connectivity index (χ4v) is 4.40. The van der Waals surface area contributed by atoms with Gasteiger partial charge in [-0.1, -0.05) is 48.5 Å². The van der Waals surface area contributed by atoms with Crippen LogP contribution in [0.2, 0.25) is 0 Å². The van der Waals surface area contributed by atoms with E-state index in [1.807, 2.05) is 84.6 Å². The summed E-state index contributed by atoms with van der Waals surface area (Å²) < 4.78 is 5.42. The summed E-state index contributed by atoms with van der Waals surface area (Å²) in [7, 11) is 1.59. The van der Waals surface area contributed by atoms with Gasteiger partial charge in [-0.15, -0.1) is 0 Å². The van der Waals surface area contributed by atoms with E-state index >= 15 is 0 Å². The van der Waals surface area contributed by atoms with E-state index in [1.165, 1.54) is 6.42 Å². The van der Waals surface area contributed by atoms with Gasteiger partial charge in [0.25, 0.3) is 5.91 Å². The summed E-state index contributed by atoms with van der Waals surface area (Å²) >= 11 is 0. The number of likely N-dealkylation sites (tertiary alicyclic amines) is 1. The first-order chi connectivity index (χ1) is 17.0. The Morgan fingerprint density at radius 1 is 0.943 bits per heavy atom. The van der Waals surface area contributed by atoms with Crippen LogP contribution in [0.1, 0.15) is 52.4 Å². The Labute approximate surface area is 207 Å². The number of methoxy groups -OCH3 is 1. The number of hydrogen-bond acceptors (Lipinski definition) is 4. The van der Waals surface area contributed by atoms with E-state index in [2.05, 4.69) is 10.6 Å². The number of piperidine rings is 1. The predicted molar refractivity (Wildman–Crippen MR) is 139 cm³/mol. The maximum atomic E-state index is 13.4. The van der Waals surface area contributed by atoms with Crippen LogP contribution in [0.15, 0.2) is 72.8 Å². The number of amides is 2. The fraction of sp³-hybridized carbons (Fsp3) is 0.310. The molecule has 0 aromatic heterocycles. The molecule has 0 bridgehead atoms. The number of benzene rings is 3. The molecule has 3 aromatic rings. The van der Waals surface area contributed by atoms with Crippen LogP contribution in [0.5, 0.6) is 5.75 Å². The highest BCUT2D eigenvalue weighted by Crippen LogP contribution is 2.27. The lowest BCUT2D eigenvalue weighted by molar-refractivity contribution is -0.118. The van der Waals surface area contributed by atoms with Crippen LogP contribution in [-0.2, 0) is 11.3 Å². The second-order valence-electron chi connectivity index (χ2n) is 8.97. The molecule has 35 heavy (non-hydrogen) atoms. The topological polar surface area (TPSA) is 70.7 Å². The normalized spacial score (nSPS) is 14.3. The molecule has 2 amide bonds. The Morgan fingerprint density at radius 3 is 2.34 bits per heavy atom. The summed E-state index contributed by atoms with van der Waals surface area (Å²) in [6, 6.07) is 22.4. The Balaban J connectivity index is 1.46. The zero-order valence-electron chi connectivity index (χ0n) is 20.4. The molecule has 1 heterocycles. The van der Waals surface area contributed by atoms with Crippen molar-refractivity contribution in [3.05, 3.63) is 95.1 Å². The van der Waals surface area contributed by atoms with Crippen molar-refractivity contribution in [2.24, 2.45) is 0 Å². The summed E-state index contributed by atoms with van der Waals surface area (Å²) in [6.07, 6.45) is 3.34. The number of hydrogen-bond donors (Lipinski definition) is 2. The van der Waals surface area contributed by atoms with E-state index in [0.717, 1.165) is 42.6 Å². The number of carbonyl (C=O) groups excluding carboxylic acids is 2. The summed E-state index contributed by atoms with van der Waals surface area (Å²) in [5.41, 5.74) is 4.25.